The molecule has 1 N–H and O–H groups in total. The predicted octanol–water partition coefficient (Wildman–Crippen LogP) is 1.61. The van der Waals surface area contributed by atoms with Crippen LogP contribution in [0.5, 0.6) is 0 Å². The highest BCUT2D eigenvalue weighted by Crippen LogP contribution is 2.19. The van der Waals surface area contributed by atoms with Crippen molar-refractivity contribution >= 4 is 11.6 Å². The molecule has 7 nitrogen and oxygen atoms in total. The molecule has 1 aliphatic rings. The first kappa shape index (κ1) is 14.4. The minimum Gasteiger partial charge on any atom is -0.467 e. The molecule has 0 aliphatic carbocycles. The van der Waals surface area contributed by atoms with Crippen molar-refractivity contribution in [2.45, 2.75) is 39.5 Å². The molecule has 1 aliphatic heterocycles. The van der Waals surface area contributed by atoms with Gasteiger partial charge in [0, 0.05) is 24.2 Å². The smallest absolute Gasteiger partial charge is 0.264 e. The SMILES string of the molecule is CCn1ncc(C2=NO[C@@H](C(=O)NCc3ccco3)C2)c1C. The second-order valence-electron chi connectivity index (χ2n) is 5.09. The Morgan fingerprint density at radius 3 is 3.09 bits per heavy atom. The summed E-state index contributed by atoms with van der Waals surface area (Å²) in [6, 6.07) is 3.59. The van der Waals surface area contributed by atoms with Crippen molar-refractivity contribution in [1.82, 2.24) is 15.1 Å². The van der Waals surface area contributed by atoms with Gasteiger partial charge in [0.25, 0.3) is 5.91 Å². The number of aryl methyl sites for hydroxylation is 1. The standard InChI is InChI=1S/C15H18N4O3/c1-3-19-10(2)12(9-17-19)13-7-14(22-18-13)15(20)16-8-11-5-4-6-21-11/h4-6,9,14H,3,7-8H2,1-2H3,(H,16,20)/t14-/m1/s1. The molecule has 3 rings (SSSR count). The molecule has 1 atom stereocenters. The molecule has 0 saturated heterocycles. The molecule has 2 aromatic rings. The first-order valence-corrected chi connectivity index (χ1v) is 7.24. The second kappa shape index (κ2) is 6.05. The largest absolute Gasteiger partial charge is 0.467 e. The maximum atomic E-state index is 12.1. The number of carbonyl (C=O) groups is 1. The number of hydrogen-bond donors (Lipinski definition) is 1. The van der Waals surface area contributed by atoms with Crippen LogP contribution in [0.15, 0.2) is 34.2 Å². The molecule has 1 amide bonds. The van der Waals surface area contributed by atoms with Crippen LogP contribution in [-0.2, 0) is 22.7 Å². The van der Waals surface area contributed by atoms with E-state index in [0.717, 1.165) is 23.5 Å². The van der Waals surface area contributed by atoms with Crippen LogP contribution in [0.3, 0.4) is 0 Å². The fraction of sp³-hybridized carbons (Fsp3) is 0.400. The van der Waals surface area contributed by atoms with Gasteiger partial charge in [-0.1, -0.05) is 5.16 Å². The van der Waals surface area contributed by atoms with E-state index in [1.165, 1.54) is 0 Å². The normalized spacial score (nSPS) is 17.2. The van der Waals surface area contributed by atoms with Gasteiger partial charge in [0.15, 0.2) is 0 Å². The van der Waals surface area contributed by atoms with Gasteiger partial charge in [-0.15, -0.1) is 0 Å². The van der Waals surface area contributed by atoms with Crippen LogP contribution in [0.25, 0.3) is 0 Å². The molecule has 0 radical (unpaired) electrons. The molecule has 22 heavy (non-hydrogen) atoms. The Morgan fingerprint density at radius 2 is 2.41 bits per heavy atom. The minimum atomic E-state index is -0.602. The van der Waals surface area contributed by atoms with Crippen molar-refractivity contribution in [3.05, 3.63) is 41.6 Å². The summed E-state index contributed by atoms with van der Waals surface area (Å²) >= 11 is 0. The predicted molar refractivity (Wildman–Crippen MR) is 79.2 cm³/mol. The topological polar surface area (TPSA) is 81.6 Å². The van der Waals surface area contributed by atoms with E-state index in [-0.39, 0.29) is 5.91 Å². The van der Waals surface area contributed by atoms with Crippen molar-refractivity contribution in [2.75, 3.05) is 0 Å². The van der Waals surface area contributed by atoms with E-state index in [9.17, 15) is 4.79 Å². The Hall–Kier alpha value is -2.57. The van der Waals surface area contributed by atoms with Gasteiger partial charge in [0.2, 0.25) is 6.10 Å². The highest BCUT2D eigenvalue weighted by atomic mass is 16.6. The lowest BCUT2D eigenvalue weighted by molar-refractivity contribution is -0.131. The monoisotopic (exact) mass is 302 g/mol. The number of nitrogens with one attached hydrogen (secondary N) is 1. The van der Waals surface area contributed by atoms with Crippen LogP contribution in [0.2, 0.25) is 0 Å². The summed E-state index contributed by atoms with van der Waals surface area (Å²) in [5.74, 6) is 0.503. The van der Waals surface area contributed by atoms with E-state index < -0.39 is 6.10 Å². The molecule has 0 unspecified atom stereocenters. The third kappa shape index (κ3) is 2.74. The van der Waals surface area contributed by atoms with Crippen molar-refractivity contribution in [3.8, 4) is 0 Å². The van der Waals surface area contributed by atoms with Crippen LogP contribution in [0.1, 0.15) is 30.4 Å². The summed E-state index contributed by atoms with van der Waals surface area (Å²) in [6.45, 7) is 5.15. The van der Waals surface area contributed by atoms with Crippen LogP contribution in [-0.4, -0.2) is 27.5 Å². The van der Waals surface area contributed by atoms with E-state index in [0.29, 0.717) is 18.7 Å². The molecule has 2 aromatic heterocycles. The lowest BCUT2D eigenvalue weighted by atomic mass is 10.1. The number of carbonyl (C=O) groups excluding carboxylic acids is 1. The summed E-state index contributed by atoms with van der Waals surface area (Å²) in [4.78, 5) is 17.3. The molecule has 116 valence electrons. The van der Waals surface area contributed by atoms with Gasteiger partial charge in [0.1, 0.15) is 5.76 Å². The Labute approximate surface area is 127 Å². The molecule has 0 fully saturated rings. The summed E-state index contributed by atoms with van der Waals surface area (Å²) in [5.41, 5.74) is 2.72. The Morgan fingerprint density at radius 1 is 1.55 bits per heavy atom. The van der Waals surface area contributed by atoms with Crippen molar-refractivity contribution in [3.63, 3.8) is 0 Å². The maximum Gasteiger partial charge on any atom is 0.264 e. The number of hydrogen-bond acceptors (Lipinski definition) is 5. The summed E-state index contributed by atoms with van der Waals surface area (Å²) in [5, 5.41) is 11.1. The van der Waals surface area contributed by atoms with Gasteiger partial charge in [-0.25, -0.2) is 0 Å². The molecular formula is C15H18N4O3. The van der Waals surface area contributed by atoms with Gasteiger partial charge in [-0.3, -0.25) is 9.48 Å². The Bertz CT molecular complexity index is 688. The Kier molecular flexibility index (Phi) is 3.95. The van der Waals surface area contributed by atoms with Crippen molar-refractivity contribution in [2.24, 2.45) is 5.16 Å². The number of rotatable bonds is 5. The average Bonchev–Trinajstić information content (AvgIpc) is 3.25. The maximum absolute atomic E-state index is 12.1. The van der Waals surface area contributed by atoms with Gasteiger partial charge >= 0.3 is 0 Å². The Balaban J connectivity index is 1.59. The van der Waals surface area contributed by atoms with Crippen LogP contribution in [0.4, 0.5) is 0 Å². The number of aromatic nitrogens is 2. The van der Waals surface area contributed by atoms with Crippen LogP contribution in [0, 0.1) is 6.92 Å². The third-order valence-electron chi connectivity index (χ3n) is 3.69. The zero-order chi connectivity index (χ0) is 15.5. The number of amides is 1. The third-order valence-corrected chi connectivity index (χ3v) is 3.69. The van der Waals surface area contributed by atoms with E-state index >= 15 is 0 Å². The summed E-state index contributed by atoms with van der Waals surface area (Å²) in [7, 11) is 0. The van der Waals surface area contributed by atoms with Gasteiger partial charge in [0.05, 0.1) is 24.7 Å². The molecule has 7 heteroatoms. The molecular weight excluding hydrogens is 284 g/mol. The first-order valence-electron chi connectivity index (χ1n) is 7.24. The molecule has 0 bridgehead atoms. The minimum absolute atomic E-state index is 0.198. The first-order chi connectivity index (χ1) is 10.7. The van der Waals surface area contributed by atoms with Gasteiger partial charge < -0.3 is 14.6 Å². The zero-order valence-corrected chi connectivity index (χ0v) is 12.6. The van der Waals surface area contributed by atoms with E-state index in [4.69, 9.17) is 9.25 Å². The highest BCUT2D eigenvalue weighted by molar-refractivity contribution is 6.04. The molecule has 0 aromatic carbocycles. The van der Waals surface area contributed by atoms with Crippen molar-refractivity contribution < 1.29 is 14.0 Å². The average molecular weight is 302 g/mol. The fourth-order valence-corrected chi connectivity index (χ4v) is 2.43. The number of oxime groups is 1. The lowest BCUT2D eigenvalue weighted by Gasteiger charge is -2.08. The molecule has 0 spiro atoms. The number of furan rings is 1. The quantitative estimate of drug-likeness (QED) is 0.910. The van der Waals surface area contributed by atoms with Gasteiger partial charge in [-0.2, -0.15) is 5.10 Å². The molecule has 3 heterocycles. The van der Waals surface area contributed by atoms with Crippen molar-refractivity contribution in [1.29, 1.82) is 0 Å². The lowest BCUT2D eigenvalue weighted by Crippen LogP contribution is -2.34. The molecule has 0 saturated carbocycles. The highest BCUT2D eigenvalue weighted by Gasteiger charge is 2.30. The van der Waals surface area contributed by atoms with Crippen LogP contribution >= 0.6 is 0 Å². The summed E-state index contributed by atoms with van der Waals surface area (Å²) < 4.78 is 7.06. The zero-order valence-electron chi connectivity index (χ0n) is 12.6. The van der Waals surface area contributed by atoms with E-state index in [1.54, 1.807) is 24.6 Å². The number of nitrogens with zero attached hydrogens (tertiary/aromatic N) is 3. The van der Waals surface area contributed by atoms with E-state index in [2.05, 4.69) is 15.6 Å². The van der Waals surface area contributed by atoms with Crippen LogP contribution < -0.4 is 5.32 Å². The second-order valence-corrected chi connectivity index (χ2v) is 5.09. The van der Waals surface area contributed by atoms with E-state index in [1.807, 2.05) is 18.5 Å². The van der Waals surface area contributed by atoms with Gasteiger partial charge in [-0.05, 0) is 26.0 Å². The summed E-state index contributed by atoms with van der Waals surface area (Å²) in [6.07, 6.45) is 3.18. The fourth-order valence-electron chi connectivity index (χ4n) is 2.43.